The summed E-state index contributed by atoms with van der Waals surface area (Å²) < 4.78 is 4.67. The fourth-order valence-electron chi connectivity index (χ4n) is 8.59. The van der Waals surface area contributed by atoms with Crippen LogP contribution in [-0.4, -0.2) is 29.1 Å². The second-order valence-electron chi connectivity index (χ2n) is 18.0. The molecule has 6 nitrogen and oxygen atoms in total. The molecule has 62 heavy (non-hydrogen) atoms. The molecule has 0 saturated carbocycles. The Kier molecular flexibility index (Phi) is 9.52. The van der Waals surface area contributed by atoms with Crippen LogP contribution in [0.1, 0.15) is 53.2 Å². The van der Waals surface area contributed by atoms with Crippen LogP contribution in [0.2, 0.25) is 0 Å². The highest BCUT2D eigenvalue weighted by molar-refractivity contribution is 5.95. The van der Waals surface area contributed by atoms with Crippen LogP contribution in [0.4, 0.5) is 0 Å². The molecule has 4 aromatic heterocycles. The SMILES string of the molecule is CC(C)(C)c1nc2ccccc2n1-c1ccccc1-c1ccc(-c2ccccc2)nc1-c1nc(-c2ccccc2)ccc1-c1ccccc1-n1c(C(C)(C)C)nc2ccccc21. The molecule has 0 amide bonds. The van der Waals surface area contributed by atoms with E-state index in [4.69, 9.17) is 19.9 Å². The van der Waals surface area contributed by atoms with Crippen LogP contribution in [0.5, 0.6) is 0 Å². The molecular weight excluding hydrogens is 757 g/mol. The van der Waals surface area contributed by atoms with Crippen LogP contribution < -0.4 is 0 Å². The van der Waals surface area contributed by atoms with E-state index in [0.717, 1.165) is 101 Å². The first kappa shape index (κ1) is 38.7. The van der Waals surface area contributed by atoms with E-state index in [1.54, 1.807) is 0 Å². The van der Waals surface area contributed by atoms with Gasteiger partial charge in [-0.05, 0) is 60.7 Å². The van der Waals surface area contributed by atoms with Gasteiger partial charge in [0.1, 0.15) is 11.6 Å². The van der Waals surface area contributed by atoms with Crippen LogP contribution in [-0.2, 0) is 10.8 Å². The van der Waals surface area contributed by atoms with Gasteiger partial charge in [-0.2, -0.15) is 0 Å². The minimum atomic E-state index is -0.240. The highest BCUT2D eigenvalue weighted by Crippen LogP contribution is 2.44. The van der Waals surface area contributed by atoms with Gasteiger partial charge in [-0.15, -0.1) is 0 Å². The van der Waals surface area contributed by atoms with Gasteiger partial charge in [0, 0.05) is 44.2 Å². The van der Waals surface area contributed by atoms with Crippen LogP contribution in [0.3, 0.4) is 0 Å². The lowest BCUT2D eigenvalue weighted by Gasteiger charge is -2.24. The molecule has 6 heteroatoms. The number of aromatic nitrogens is 6. The first-order valence-electron chi connectivity index (χ1n) is 21.3. The Labute approximate surface area is 363 Å². The smallest absolute Gasteiger partial charge is 0.119 e. The maximum Gasteiger partial charge on any atom is 0.119 e. The normalized spacial score (nSPS) is 12.0. The molecule has 0 radical (unpaired) electrons. The standard InChI is InChI=1S/C56H48N6/c1-55(2,3)53-59-45-27-15-19-31-49(45)61(53)47-29-17-13-25-39(47)41-33-35-43(37-21-9-7-10-22-37)57-51(41)52-42(34-36-44(58-52)38-23-11-8-12-24-38)40-26-14-18-30-48(40)62-50-32-20-16-28-46(50)60-54(62)56(4,5)6/h7-36H,1-6H3. The Balaban J connectivity index is 1.30. The zero-order valence-corrected chi connectivity index (χ0v) is 36.0. The average molecular weight is 805 g/mol. The summed E-state index contributed by atoms with van der Waals surface area (Å²) in [5, 5.41) is 0. The Morgan fingerprint density at radius 2 is 0.677 bits per heavy atom. The molecule has 0 spiro atoms. The first-order valence-corrected chi connectivity index (χ1v) is 21.3. The predicted octanol–water partition coefficient (Wildman–Crippen LogP) is 14.1. The number of imidazole rings is 2. The van der Waals surface area contributed by atoms with Crippen molar-refractivity contribution in [1.82, 2.24) is 29.1 Å². The van der Waals surface area contributed by atoms with Crippen molar-refractivity contribution < 1.29 is 0 Å². The van der Waals surface area contributed by atoms with Crippen molar-refractivity contribution in [1.29, 1.82) is 0 Å². The quantitative estimate of drug-likeness (QED) is 0.161. The van der Waals surface area contributed by atoms with Crippen molar-refractivity contribution in [3.63, 3.8) is 0 Å². The number of para-hydroxylation sites is 6. The molecule has 10 aromatic rings. The summed E-state index contributed by atoms with van der Waals surface area (Å²) in [5.74, 6) is 1.98. The lowest BCUT2D eigenvalue weighted by molar-refractivity contribution is 0.539. The summed E-state index contributed by atoms with van der Waals surface area (Å²) in [4.78, 5) is 21.8. The van der Waals surface area contributed by atoms with Gasteiger partial charge in [0.2, 0.25) is 0 Å². The van der Waals surface area contributed by atoms with Crippen LogP contribution in [0.15, 0.2) is 182 Å². The summed E-state index contributed by atoms with van der Waals surface area (Å²) >= 11 is 0. The van der Waals surface area contributed by atoms with Crippen LogP contribution >= 0.6 is 0 Å². The molecule has 0 aliphatic heterocycles. The van der Waals surface area contributed by atoms with Gasteiger partial charge >= 0.3 is 0 Å². The summed E-state index contributed by atoms with van der Waals surface area (Å²) in [7, 11) is 0. The molecule has 0 saturated heterocycles. The van der Waals surface area contributed by atoms with Crippen molar-refractivity contribution in [2.24, 2.45) is 0 Å². The monoisotopic (exact) mass is 804 g/mol. The van der Waals surface area contributed by atoms with E-state index in [0.29, 0.717) is 0 Å². The highest BCUT2D eigenvalue weighted by Gasteiger charge is 2.29. The minimum absolute atomic E-state index is 0.240. The van der Waals surface area contributed by atoms with Crippen molar-refractivity contribution in [2.75, 3.05) is 0 Å². The number of fused-ring (bicyclic) bond motifs is 2. The Hall–Kier alpha value is -7.44. The maximum atomic E-state index is 5.66. The molecule has 0 bridgehead atoms. The van der Waals surface area contributed by atoms with E-state index in [2.05, 4.69) is 221 Å². The highest BCUT2D eigenvalue weighted by atomic mass is 15.1. The van der Waals surface area contributed by atoms with Gasteiger partial charge in [0.05, 0.1) is 56.2 Å². The lowest BCUT2D eigenvalue weighted by Crippen LogP contribution is -2.18. The third-order valence-corrected chi connectivity index (χ3v) is 11.5. The number of hydrogen-bond donors (Lipinski definition) is 0. The summed E-state index contributed by atoms with van der Waals surface area (Å²) in [6.45, 7) is 13.4. The molecule has 302 valence electrons. The molecule has 6 aromatic carbocycles. The van der Waals surface area contributed by atoms with Gasteiger partial charge in [-0.25, -0.2) is 19.9 Å². The molecule has 0 unspecified atom stereocenters. The fourth-order valence-corrected chi connectivity index (χ4v) is 8.59. The fraction of sp³-hybridized carbons (Fsp3) is 0.143. The van der Waals surface area contributed by atoms with Gasteiger partial charge in [-0.3, -0.25) is 9.13 Å². The van der Waals surface area contributed by atoms with Crippen molar-refractivity contribution in [3.8, 4) is 67.5 Å². The van der Waals surface area contributed by atoms with Gasteiger partial charge in [0.25, 0.3) is 0 Å². The van der Waals surface area contributed by atoms with Crippen LogP contribution in [0.25, 0.3) is 89.6 Å². The minimum Gasteiger partial charge on any atom is -0.295 e. The topological polar surface area (TPSA) is 61.4 Å². The number of benzene rings is 6. The summed E-state index contributed by atoms with van der Waals surface area (Å²) in [6, 6.07) is 63.7. The van der Waals surface area contributed by atoms with Crippen molar-refractivity contribution in [3.05, 3.63) is 194 Å². The summed E-state index contributed by atoms with van der Waals surface area (Å²) in [6.07, 6.45) is 0. The zero-order chi connectivity index (χ0) is 42.6. The Bertz CT molecular complexity index is 3030. The third-order valence-electron chi connectivity index (χ3n) is 11.5. The molecule has 0 atom stereocenters. The molecule has 10 rings (SSSR count). The second-order valence-corrected chi connectivity index (χ2v) is 18.0. The molecule has 0 aliphatic rings. The van der Waals surface area contributed by atoms with Crippen LogP contribution in [0, 0.1) is 0 Å². The Morgan fingerprint density at radius 3 is 1.08 bits per heavy atom. The van der Waals surface area contributed by atoms with Gasteiger partial charge < -0.3 is 0 Å². The largest absolute Gasteiger partial charge is 0.295 e. The lowest BCUT2D eigenvalue weighted by atomic mass is 9.92. The molecular formula is C56H48N6. The van der Waals surface area contributed by atoms with Gasteiger partial charge in [-0.1, -0.05) is 163 Å². The van der Waals surface area contributed by atoms with Crippen molar-refractivity contribution >= 4 is 22.1 Å². The first-order chi connectivity index (χ1) is 30.0. The van der Waals surface area contributed by atoms with E-state index < -0.39 is 0 Å². The predicted molar refractivity (Wildman–Crippen MR) is 256 cm³/mol. The van der Waals surface area contributed by atoms with Crippen molar-refractivity contribution in [2.45, 2.75) is 52.4 Å². The van der Waals surface area contributed by atoms with E-state index in [1.165, 1.54) is 0 Å². The van der Waals surface area contributed by atoms with E-state index in [9.17, 15) is 0 Å². The number of pyridine rings is 2. The van der Waals surface area contributed by atoms with Gasteiger partial charge in [0.15, 0.2) is 0 Å². The molecule has 0 N–H and O–H groups in total. The van der Waals surface area contributed by atoms with E-state index in [1.807, 2.05) is 12.1 Å². The maximum absolute atomic E-state index is 5.66. The summed E-state index contributed by atoms with van der Waals surface area (Å²) in [5.41, 5.74) is 15.0. The molecule has 0 fully saturated rings. The Morgan fingerprint density at radius 1 is 0.323 bits per heavy atom. The van der Waals surface area contributed by atoms with E-state index in [-0.39, 0.29) is 10.8 Å². The zero-order valence-electron chi connectivity index (χ0n) is 36.0. The number of rotatable bonds is 7. The molecule has 0 aliphatic carbocycles. The number of hydrogen-bond acceptors (Lipinski definition) is 4. The second kappa shape index (κ2) is 15.2. The molecule has 4 heterocycles. The number of nitrogens with zero attached hydrogens (tertiary/aromatic N) is 6. The third kappa shape index (κ3) is 6.88. The average Bonchev–Trinajstić information content (AvgIpc) is 3.90. The van der Waals surface area contributed by atoms with E-state index >= 15 is 0 Å².